The van der Waals surface area contributed by atoms with Gasteiger partial charge in [-0.05, 0) is 32.1 Å². The number of primary amides is 1. The summed E-state index contributed by atoms with van der Waals surface area (Å²) in [7, 11) is 0. The van der Waals surface area contributed by atoms with Crippen LogP contribution in [0.5, 0.6) is 0 Å². The second-order valence-corrected chi connectivity index (χ2v) is 6.97. The average molecular weight is 459 g/mol. The van der Waals surface area contributed by atoms with Crippen molar-refractivity contribution >= 4 is 35.6 Å². The van der Waals surface area contributed by atoms with Gasteiger partial charge in [0.25, 0.3) is 0 Å². The van der Waals surface area contributed by atoms with Crippen LogP contribution in [0.1, 0.15) is 38.5 Å². The Bertz CT molecular complexity index is 704. The van der Waals surface area contributed by atoms with Crippen LogP contribution in [0.3, 0.4) is 0 Å². The summed E-state index contributed by atoms with van der Waals surface area (Å²) in [4.78, 5) is 54.9. The molecule has 15 heteroatoms. The zero-order chi connectivity index (χ0) is 24.7. The fourth-order valence-corrected chi connectivity index (χ4v) is 2.51. The first-order valence-corrected chi connectivity index (χ1v) is 9.92. The highest BCUT2D eigenvalue weighted by atomic mass is 16.4. The Morgan fingerprint density at radius 3 is 1.66 bits per heavy atom. The number of carboxylic acids is 1. The van der Waals surface area contributed by atoms with Gasteiger partial charge in [-0.15, -0.1) is 0 Å². The molecule has 182 valence electrons. The van der Waals surface area contributed by atoms with Gasteiger partial charge in [0.2, 0.25) is 17.7 Å². The lowest BCUT2D eigenvalue weighted by molar-refractivity contribution is -0.142. The summed E-state index contributed by atoms with van der Waals surface area (Å²) >= 11 is 0. The lowest BCUT2D eigenvalue weighted by Crippen LogP contribution is -2.54. The number of hydrogen-bond acceptors (Lipinski definition) is 7. The third-order valence-corrected chi connectivity index (χ3v) is 4.18. The van der Waals surface area contributed by atoms with Gasteiger partial charge in [0.1, 0.15) is 12.1 Å². The molecule has 15 nitrogen and oxygen atoms in total. The number of nitrogens with zero attached hydrogens (tertiary/aromatic N) is 2. The van der Waals surface area contributed by atoms with E-state index >= 15 is 0 Å². The lowest BCUT2D eigenvalue weighted by atomic mass is 10.1. The second kappa shape index (κ2) is 15.2. The molecule has 0 rings (SSSR count). The molecule has 3 atom stereocenters. The number of aliphatic carboxylic acids is 1. The highest BCUT2D eigenvalue weighted by Crippen LogP contribution is 2.05. The Hall–Kier alpha value is -3.62. The molecule has 0 aromatic heterocycles. The number of nitrogens with one attached hydrogen (secondary N) is 2. The molecule has 0 spiro atoms. The largest absolute Gasteiger partial charge is 0.480 e. The number of carboxylic acid groups (broad SMARTS) is 1. The highest BCUT2D eigenvalue weighted by molar-refractivity contribution is 5.92. The van der Waals surface area contributed by atoms with Crippen LogP contribution in [0.4, 0.5) is 0 Å². The molecule has 15 N–H and O–H groups in total. The number of guanidine groups is 2. The van der Waals surface area contributed by atoms with Gasteiger partial charge in [-0.2, -0.15) is 0 Å². The summed E-state index contributed by atoms with van der Waals surface area (Å²) in [6, 6.07) is -3.40. The van der Waals surface area contributed by atoms with Crippen molar-refractivity contribution in [2.75, 3.05) is 13.1 Å². The topological polar surface area (TPSA) is 293 Å². The van der Waals surface area contributed by atoms with E-state index < -0.39 is 41.8 Å². The van der Waals surface area contributed by atoms with Gasteiger partial charge in [-0.1, -0.05) is 0 Å². The molecule has 0 unspecified atom stereocenters. The first-order valence-electron chi connectivity index (χ1n) is 9.92. The van der Waals surface area contributed by atoms with Gasteiger partial charge in [-0.3, -0.25) is 24.4 Å². The molecule has 0 heterocycles. The van der Waals surface area contributed by atoms with Crippen molar-refractivity contribution in [3.8, 4) is 0 Å². The summed E-state index contributed by atoms with van der Waals surface area (Å²) in [6.45, 7) is 0.381. The van der Waals surface area contributed by atoms with Crippen LogP contribution in [-0.2, 0) is 19.2 Å². The predicted molar refractivity (Wildman–Crippen MR) is 118 cm³/mol. The zero-order valence-corrected chi connectivity index (χ0v) is 17.8. The number of hydrogen-bond donors (Lipinski definition) is 9. The summed E-state index contributed by atoms with van der Waals surface area (Å²) in [5, 5.41) is 14.2. The van der Waals surface area contributed by atoms with E-state index in [2.05, 4.69) is 20.6 Å². The monoisotopic (exact) mass is 458 g/mol. The number of nitrogens with two attached hydrogens (primary N) is 6. The van der Waals surface area contributed by atoms with Crippen molar-refractivity contribution in [3.63, 3.8) is 0 Å². The van der Waals surface area contributed by atoms with E-state index in [1.807, 2.05) is 0 Å². The third kappa shape index (κ3) is 13.6. The Kier molecular flexibility index (Phi) is 13.5. The molecule has 0 radical (unpaired) electrons. The average Bonchev–Trinajstić information content (AvgIpc) is 2.69. The number of aliphatic imine (C=N–C) groups is 2. The van der Waals surface area contributed by atoms with Gasteiger partial charge < -0.3 is 50.1 Å². The molecular weight excluding hydrogens is 424 g/mol. The molecule has 0 aliphatic heterocycles. The molecule has 0 aromatic rings. The van der Waals surface area contributed by atoms with Crippen molar-refractivity contribution < 1.29 is 24.3 Å². The lowest BCUT2D eigenvalue weighted by Gasteiger charge is -2.22. The molecule has 32 heavy (non-hydrogen) atoms. The minimum absolute atomic E-state index is 0.00789. The summed E-state index contributed by atoms with van der Waals surface area (Å²) in [6.07, 6.45) is 0.671. The van der Waals surface area contributed by atoms with Gasteiger partial charge >= 0.3 is 5.97 Å². The number of carbonyl (C=O) groups excluding carboxylic acids is 3. The predicted octanol–water partition coefficient (Wildman–Crippen LogP) is -4.26. The quantitative estimate of drug-likeness (QED) is 0.0609. The summed E-state index contributed by atoms with van der Waals surface area (Å²) < 4.78 is 0. The van der Waals surface area contributed by atoms with Crippen LogP contribution < -0.4 is 45.0 Å². The number of carbonyl (C=O) groups is 4. The Morgan fingerprint density at radius 2 is 1.22 bits per heavy atom. The van der Waals surface area contributed by atoms with Crippen molar-refractivity contribution in [2.45, 2.75) is 56.7 Å². The molecule has 0 bridgehead atoms. The van der Waals surface area contributed by atoms with Gasteiger partial charge in [0.15, 0.2) is 11.9 Å². The highest BCUT2D eigenvalue weighted by Gasteiger charge is 2.27. The molecule has 0 aliphatic rings. The molecule has 0 aromatic carbocycles. The molecule has 0 saturated carbocycles. The second-order valence-electron chi connectivity index (χ2n) is 6.97. The smallest absolute Gasteiger partial charge is 0.326 e. The normalized spacial score (nSPS) is 13.2. The fourth-order valence-electron chi connectivity index (χ4n) is 2.51. The van der Waals surface area contributed by atoms with Gasteiger partial charge in [0.05, 0.1) is 6.04 Å². The fraction of sp³-hybridized carbons (Fsp3) is 0.647. The van der Waals surface area contributed by atoms with Gasteiger partial charge in [0, 0.05) is 19.5 Å². The Balaban J connectivity index is 5.13. The Labute approximate surface area is 185 Å². The van der Waals surface area contributed by atoms with Crippen LogP contribution in [0.2, 0.25) is 0 Å². The Morgan fingerprint density at radius 1 is 0.750 bits per heavy atom. The standard InChI is InChI=1S/C17H34N10O5/c18-9(5-6-12(19)28)13(29)26-10(3-1-7-24-16(20)21)14(30)27-11(15(31)32)4-2-8-25-17(22)23/h9-11H,1-8,18H2,(H2,19,28)(H,26,29)(H,27,30)(H,31,32)(H4,20,21,24)(H4,22,23,25)/t9-,10-,11-/m0/s1. The molecular formula is C17H34N10O5. The van der Waals surface area contributed by atoms with E-state index in [0.717, 1.165) is 0 Å². The molecule has 3 amide bonds. The maximum atomic E-state index is 12.7. The van der Waals surface area contributed by atoms with Gasteiger partial charge in [-0.25, -0.2) is 4.79 Å². The first-order chi connectivity index (χ1) is 14.9. The summed E-state index contributed by atoms with van der Waals surface area (Å²) in [5.74, 6) is -3.55. The van der Waals surface area contributed by atoms with E-state index in [0.29, 0.717) is 12.8 Å². The number of amides is 3. The van der Waals surface area contributed by atoms with Crippen LogP contribution in [-0.4, -0.2) is 71.9 Å². The first kappa shape index (κ1) is 28.4. The summed E-state index contributed by atoms with van der Waals surface area (Å²) in [5.41, 5.74) is 31.7. The SMILES string of the molecule is NC(=O)CC[C@H](N)C(=O)N[C@@H](CCCN=C(N)N)C(=O)N[C@@H](CCCN=C(N)N)C(=O)O. The zero-order valence-electron chi connectivity index (χ0n) is 17.8. The third-order valence-electron chi connectivity index (χ3n) is 4.18. The van der Waals surface area contributed by atoms with E-state index in [4.69, 9.17) is 34.4 Å². The van der Waals surface area contributed by atoms with E-state index in [1.165, 1.54) is 0 Å². The molecule has 0 aliphatic carbocycles. The minimum Gasteiger partial charge on any atom is -0.480 e. The van der Waals surface area contributed by atoms with Crippen LogP contribution in [0.15, 0.2) is 9.98 Å². The van der Waals surface area contributed by atoms with E-state index in [1.54, 1.807) is 0 Å². The van der Waals surface area contributed by atoms with Crippen molar-refractivity contribution in [2.24, 2.45) is 44.4 Å². The maximum absolute atomic E-state index is 12.7. The van der Waals surface area contributed by atoms with Crippen molar-refractivity contribution in [3.05, 3.63) is 0 Å². The van der Waals surface area contributed by atoms with E-state index in [9.17, 15) is 24.3 Å². The van der Waals surface area contributed by atoms with Crippen LogP contribution in [0.25, 0.3) is 0 Å². The number of rotatable bonds is 16. The van der Waals surface area contributed by atoms with E-state index in [-0.39, 0.29) is 50.7 Å². The minimum atomic E-state index is -1.26. The molecule has 0 saturated heterocycles. The maximum Gasteiger partial charge on any atom is 0.326 e. The molecule has 0 fully saturated rings. The van der Waals surface area contributed by atoms with Crippen molar-refractivity contribution in [1.82, 2.24) is 10.6 Å². The van der Waals surface area contributed by atoms with Crippen molar-refractivity contribution in [1.29, 1.82) is 0 Å². The van der Waals surface area contributed by atoms with Crippen LogP contribution in [0, 0.1) is 0 Å². The van der Waals surface area contributed by atoms with Crippen LogP contribution >= 0.6 is 0 Å².